The number of aromatic nitrogens is 2. The number of rotatable bonds is 1. The van der Waals surface area contributed by atoms with Gasteiger partial charge < -0.3 is 4.40 Å². The Morgan fingerprint density at radius 3 is 3.00 bits per heavy atom. The lowest BCUT2D eigenvalue weighted by atomic mass is 10.3. The van der Waals surface area contributed by atoms with Gasteiger partial charge in [-0.05, 0) is 53.4 Å². The summed E-state index contributed by atoms with van der Waals surface area (Å²) in [5.74, 6) is 1.91. The van der Waals surface area contributed by atoms with E-state index in [4.69, 9.17) is 0 Å². The molecule has 3 heteroatoms. The van der Waals surface area contributed by atoms with Gasteiger partial charge in [0.1, 0.15) is 10.4 Å². The molecule has 0 radical (unpaired) electrons. The van der Waals surface area contributed by atoms with E-state index in [9.17, 15) is 0 Å². The Labute approximate surface area is 91.1 Å². The summed E-state index contributed by atoms with van der Waals surface area (Å²) in [6, 6.07) is 4.30. The molecule has 1 aliphatic carbocycles. The van der Waals surface area contributed by atoms with Gasteiger partial charge in [0.2, 0.25) is 0 Å². The number of halogens is 1. The predicted octanol–water partition coefficient (Wildman–Crippen LogP) is 3.28. The number of pyridine rings is 1. The zero-order chi connectivity index (χ0) is 9.71. The molecule has 2 aromatic rings. The van der Waals surface area contributed by atoms with Crippen LogP contribution in [0.2, 0.25) is 0 Å². The molecule has 0 unspecified atom stereocenters. The van der Waals surface area contributed by atoms with Crippen molar-refractivity contribution < 1.29 is 0 Å². The molecule has 0 bridgehead atoms. The topological polar surface area (TPSA) is 17.3 Å². The van der Waals surface area contributed by atoms with Crippen LogP contribution in [0.25, 0.3) is 5.52 Å². The summed E-state index contributed by atoms with van der Waals surface area (Å²) in [6.07, 6.45) is 4.70. The first-order chi connectivity index (χ1) is 6.75. The van der Waals surface area contributed by atoms with Gasteiger partial charge in [-0.1, -0.05) is 0 Å². The average Bonchev–Trinajstić information content (AvgIpc) is 2.94. The second-order valence-corrected chi connectivity index (χ2v) is 4.75. The van der Waals surface area contributed by atoms with Crippen molar-refractivity contribution in [2.45, 2.75) is 25.7 Å². The van der Waals surface area contributed by atoms with Crippen molar-refractivity contribution in [3.63, 3.8) is 0 Å². The highest BCUT2D eigenvalue weighted by Gasteiger charge is 2.28. The smallest absolute Gasteiger partial charge is 0.132 e. The molecule has 0 atom stereocenters. The van der Waals surface area contributed by atoms with Crippen LogP contribution < -0.4 is 0 Å². The quantitative estimate of drug-likeness (QED) is 0.760. The van der Waals surface area contributed by atoms with Gasteiger partial charge in [-0.25, -0.2) is 4.98 Å². The third-order valence-electron chi connectivity index (χ3n) is 2.72. The van der Waals surface area contributed by atoms with Gasteiger partial charge in [0, 0.05) is 12.1 Å². The first-order valence-electron chi connectivity index (χ1n) is 4.90. The molecular formula is C11H11BrN2. The molecule has 0 aliphatic heterocycles. The summed E-state index contributed by atoms with van der Waals surface area (Å²) < 4.78 is 3.18. The highest BCUT2D eigenvalue weighted by atomic mass is 79.9. The summed E-state index contributed by atoms with van der Waals surface area (Å²) in [5.41, 5.74) is 2.47. The number of imidazole rings is 1. The van der Waals surface area contributed by atoms with Crippen molar-refractivity contribution in [2.75, 3.05) is 0 Å². The molecule has 72 valence electrons. The summed E-state index contributed by atoms with van der Waals surface area (Å²) in [5, 5.41) is 0. The first-order valence-corrected chi connectivity index (χ1v) is 5.69. The van der Waals surface area contributed by atoms with E-state index in [1.165, 1.54) is 29.7 Å². The third kappa shape index (κ3) is 1.19. The van der Waals surface area contributed by atoms with Crippen molar-refractivity contribution in [1.82, 2.24) is 9.38 Å². The molecule has 0 saturated heterocycles. The minimum absolute atomic E-state index is 0.691. The van der Waals surface area contributed by atoms with Crippen LogP contribution in [0, 0.1) is 6.92 Å². The number of nitrogens with zero attached hydrogens (tertiary/aromatic N) is 2. The summed E-state index contributed by atoms with van der Waals surface area (Å²) >= 11 is 3.52. The lowest BCUT2D eigenvalue weighted by molar-refractivity contribution is 0.917. The predicted molar refractivity (Wildman–Crippen MR) is 59.6 cm³/mol. The van der Waals surface area contributed by atoms with Gasteiger partial charge in [0.25, 0.3) is 0 Å². The van der Waals surface area contributed by atoms with E-state index in [2.05, 4.69) is 50.6 Å². The number of hydrogen-bond acceptors (Lipinski definition) is 1. The fourth-order valence-electron chi connectivity index (χ4n) is 1.81. The molecule has 2 nitrogen and oxygen atoms in total. The monoisotopic (exact) mass is 250 g/mol. The second kappa shape index (κ2) is 2.83. The van der Waals surface area contributed by atoms with Gasteiger partial charge in [-0.3, -0.25) is 0 Å². The molecular weight excluding hydrogens is 240 g/mol. The zero-order valence-corrected chi connectivity index (χ0v) is 9.58. The molecule has 1 fully saturated rings. The largest absolute Gasteiger partial charge is 0.302 e. The maximum absolute atomic E-state index is 4.57. The Morgan fingerprint density at radius 2 is 2.29 bits per heavy atom. The van der Waals surface area contributed by atoms with Crippen LogP contribution in [-0.2, 0) is 0 Å². The second-order valence-electron chi connectivity index (χ2n) is 3.99. The van der Waals surface area contributed by atoms with E-state index in [0.717, 1.165) is 4.60 Å². The standard InChI is InChI=1S/C11H11BrN2/c1-7-4-5-14-9(6-7)10(12)13-11(14)8-2-3-8/h4-6,8H,2-3H2,1H3. The molecule has 0 spiro atoms. The van der Waals surface area contributed by atoms with Crippen LogP contribution in [0.5, 0.6) is 0 Å². The van der Waals surface area contributed by atoms with Crippen LogP contribution in [0.1, 0.15) is 30.1 Å². The summed E-state index contributed by atoms with van der Waals surface area (Å²) in [7, 11) is 0. The SMILES string of the molecule is Cc1ccn2c(C3CC3)nc(Br)c2c1. The van der Waals surface area contributed by atoms with E-state index < -0.39 is 0 Å². The van der Waals surface area contributed by atoms with E-state index in [0.29, 0.717) is 5.92 Å². The normalized spacial score (nSPS) is 16.4. The van der Waals surface area contributed by atoms with Gasteiger partial charge in [0.15, 0.2) is 0 Å². The maximum Gasteiger partial charge on any atom is 0.132 e. The van der Waals surface area contributed by atoms with E-state index in [1.54, 1.807) is 0 Å². The highest BCUT2D eigenvalue weighted by molar-refractivity contribution is 9.10. The molecule has 0 N–H and O–H groups in total. The van der Waals surface area contributed by atoms with Gasteiger partial charge in [0.05, 0.1) is 5.52 Å². The Morgan fingerprint density at radius 1 is 1.50 bits per heavy atom. The lowest BCUT2D eigenvalue weighted by Gasteiger charge is -1.99. The molecule has 14 heavy (non-hydrogen) atoms. The van der Waals surface area contributed by atoms with Crippen molar-refractivity contribution in [3.8, 4) is 0 Å². The van der Waals surface area contributed by atoms with E-state index >= 15 is 0 Å². The van der Waals surface area contributed by atoms with Crippen molar-refractivity contribution in [1.29, 1.82) is 0 Å². The fraction of sp³-hybridized carbons (Fsp3) is 0.364. The van der Waals surface area contributed by atoms with Gasteiger partial charge in [-0.15, -0.1) is 0 Å². The minimum atomic E-state index is 0.691. The number of aryl methyl sites for hydroxylation is 1. The van der Waals surface area contributed by atoms with E-state index in [-0.39, 0.29) is 0 Å². The van der Waals surface area contributed by atoms with Crippen molar-refractivity contribution >= 4 is 21.4 Å². The van der Waals surface area contributed by atoms with Crippen LogP contribution in [0.4, 0.5) is 0 Å². The third-order valence-corrected chi connectivity index (χ3v) is 3.31. The Balaban J connectivity index is 2.32. The first kappa shape index (κ1) is 8.48. The van der Waals surface area contributed by atoms with Crippen LogP contribution in [-0.4, -0.2) is 9.38 Å². The Kier molecular flexibility index (Phi) is 1.71. The van der Waals surface area contributed by atoms with Gasteiger partial charge in [-0.2, -0.15) is 0 Å². The van der Waals surface area contributed by atoms with Crippen LogP contribution in [0.3, 0.4) is 0 Å². The summed E-state index contributed by atoms with van der Waals surface area (Å²) in [4.78, 5) is 4.57. The molecule has 1 saturated carbocycles. The Bertz CT molecular complexity index is 497. The highest BCUT2D eigenvalue weighted by Crippen LogP contribution is 2.40. The van der Waals surface area contributed by atoms with E-state index in [1.807, 2.05) is 0 Å². The molecule has 0 aromatic carbocycles. The maximum atomic E-state index is 4.57. The fourth-order valence-corrected chi connectivity index (χ4v) is 2.29. The number of fused-ring (bicyclic) bond motifs is 1. The Hall–Kier alpha value is -0.830. The summed E-state index contributed by atoms with van der Waals surface area (Å²) in [6.45, 7) is 2.11. The molecule has 0 amide bonds. The van der Waals surface area contributed by atoms with Crippen molar-refractivity contribution in [2.24, 2.45) is 0 Å². The van der Waals surface area contributed by atoms with Crippen LogP contribution in [0.15, 0.2) is 22.9 Å². The van der Waals surface area contributed by atoms with Crippen molar-refractivity contribution in [3.05, 3.63) is 34.3 Å². The zero-order valence-electron chi connectivity index (χ0n) is 8.00. The van der Waals surface area contributed by atoms with Crippen LogP contribution >= 0.6 is 15.9 Å². The van der Waals surface area contributed by atoms with Gasteiger partial charge >= 0.3 is 0 Å². The molecule has 2 heterocycles. The lowest BCUT2D eigenvalue weighted by Crippen LogP contribution is -1.91. The molecule has 3 rings (SSSR count). The molecule has 1 aliphatic rings. The molecule has 2 aromatic heterocycles. The average molecular weight is 251 g/mol. The number of hydrogen-bond donors (Lipinski definition) is 0. The minimum Gasteiger partial charge on any atom is -0.302 e.